The van der Waals surface area contributed by atoms with E-state index in [-0.39, 0.29) is 11.9 Å². The summed E-state index contributed by atoms with van der Waals surface area (Å²) >= 11 is 0. The van der Waals surface area contributed by atoms with E-state index >= 15 is 0 Å². The lowest BCUT2D eigenvalue weighted by atomic mass is 9.89. The van der Waals surface area contributed by atoms with Gasteiger partial charge in [0.05, 0.1) is 13.2 Å². The fourth-order valence-corrected chi connectivity index (χ4v) is 4.13. The van der Waals surface area contributed by atoms with Gasteiger partial charge in [-0.25, -0.2) is 0 Å². The Kier molecular flexibility index (Phi) is 5.77. The van der Waals surface area contributed by atoms with Crippen molar-refractivity contribution in [3.05, 3.63) is 66.2 Å². The normalized spacial score (nSPS) is 17.9. The van der Waals surface area contributed by atoms with E-state index in [4.69, 9.17) is 14.2 Å². The molecule has 3 aromatic carbocycles. The predicted octanol–water partition coefficient (Wildman–Crippen LogP) is 5.42. The third kappa shape index (κ3) is 4.46. The minimum atomic E-state index is -0.592. The summed E-state index contributed by atoms with van der Waals surface area (Å²) in [6.45, 7) is 6.02. The number of hydrogen-bond donors (Lipinski definition) is 1. The van der Waals surface area contributed by atoms with Crippen molar-refractivity contribution in [1.82, 2.24) is 5.32 Å². The highest BCUT2D eigenvalue weighted by Crippen LogP contribution is 2.41. The fourth-order valence-electron chi connectivity index (χ4n) is 4.13. The van der Waals surface area contributed by atoms with Crippen LogP contribution in [0, 0.1) is 0 Å². The molecule has 162 valence electrons. The molecule has 1 aliphatic heterocycles. The van der Waals surface area contributed by atoms with Crippen LogP contribution in [0.3, 0.4) is 0 Å². The van der Waals surface area contributed by atoms with Crippen LogP contribution in [0.4, 0.5) is 0 Å². The van der Waals surface area contributed by atoms with Crippen LogP contribution in [0.1, 0.15) is 45.2 Å². The number of methoxy groups -OCH3 is 1. The molecule has 0 aliphatic carbocycles. The van der Waals surface area contributed by atoms with Gasteiger partial charge in [0, 0.05) is 17.4 Å². The minimum absolute atomic E-state index is 0.132. The molecule has 2 atom stereocenters. The molecule has 0 unspecified atom stereocenters. The van der Waals surface area contributed by atoms with Gasteiger partial charge in [0.1, 0.15) is 22.8 Å². The Labute approximate surface area is 183 Å². The summed E-state index contributed by atoms with van der Waals surface area (Å²) in [5.41, 5.74) is 0.532. The number of rotatable bonds is 6. The Balaban J connectivity index is 1.57. The molecule has 5 heteroatoms. The first-order valence-electron chi connectivity index (χ1n) is 10.7. The molecule has 4 rings (SSSR count). The average Bonchev–Trinajstić information content (AvgIpc) is 2.76. The molecule has 1 amide bonds. The third-order valence-corrected chi connectivity index (χ3v) is 5.67. The summed E-state index contributed by atoms with van der Waals surface area (Å²) in [7, 11) is 1.63. The van der Waals surface area contributed by atoms with Gasteiger partial charge >= 0.3 is 0 Å². The van der Waals surface area contributed by atoms with Gasteiger partial charge < -0.3 is 19.5 Å². The maximum absolute atomic E-state index is 13.3. The van der Waals surface area contributed by atoms with E-state index in [9.17, 15) is 4.79 Å². The molecule has 0 spiro atoms. The Morgan fingerprint density at radius 3 is 2.71 bits per heavy atom. The zero-order valence-corrected chi connectivity index (χ0v) is 18.5. The average molecular weight is 420 g/mol. The fraction of sp³-hybridized carbons (Fsp3) is 0.346. The molecule has 0 bridgehead atoms. The number of ether oxygens (including phenoxy) is 3. The summed E-state index contributed by atoms with van der Waals surface area (Å²) < 4.78 is 17.7. The topological polar surface area (TPSA) is 56.8 Å². The zero-order valence-electron chi connectivity index (χ0n) is 18.5. The predicted molar refractivity (Wildman–Crippen MR) is 122 cm³/mol. The first-order chi connectivity index (χ1) is 14.9. The first kappa shape index (κ1) is 21.0. The second-order valence-corrected chi connectivity index (χ2v) is 8.52. The van der Waals surface area contributed by atoms with E-state index < -0.39 is 11.7 Å². The monoisotopic (exact) mass is 419 g/mol. The van der Waals surface area contributed by atoms with Crippen molar-refractivity contribution in [3.63, 3.8) is 0 Å². The molecule has 1 N–H and O–H groups in total. The number of benzene rings is 3. The van der Waals surface area contributed by atoms with Crippen molar-refractivity contribution < 1.29 is 19.0 Å². The van der Waals surface area contributed by atoms with Crippen LogP contribution < -0.4 is 19.5 Å². The molecule has 3 aromatic rings. The SMILES string of the molecule is CC[C@@H](Oc1cccc2ccccc12)C(=O)N[C@H]1CC(C)(C)Oc2ccc(OC)cc21. The zero-order chi connectivity index (χ0) is 22.0. The number of hydrogen-bond acceptors (Lipinski definition) is 4. The maximum Gasteiger partial charge on any atom is 0.261 e. The third-order valence-electron chi connectivity index (χ3n) is 5.67. The van der Waals surface area contributed by atoms with E-state index in [0.29, 0.717) is 12.8 Å². The van der Waals surface area contributed by atoms with Crippen LogP contribution in [-0.2, 0) is 4.79 Å². The quantitative estimate of drug-likeness (QED) is 0.579. The van der Waals surface area contributed by atoms with Gasteiger partial charge in [-0.05, 0) is 49.9 Å². The number of carbonyl (C=O) groups is 1. The molecule has 0 radical (unpaired) electrons. The summed E-state index contributed by atoms with van der Waals surface area (Å²) in [6.07, 6.45) is 0.627. The van der Waals surface area contributed by atoms with Gasteiger partial charge in [-0.1, -0.05) is 43.3 Å². The van der Waals surface area contributed by atoms with Gasteiger partial charge in [-0.3, -0.25) is 4.79 Å². The second-order valence-electron chi connectivity index (χ2n) is 8.52. The van der Waals surface area contributed by atoms with Crippen molar-refractivity contribution in [3.8, 4) is 17.2 Å². The molecule has 0 aromatic heterocycles. The van der Waals surface area contributed by atoms with Crippen molar-refractivity contribution in [2.45, 2.75) is 51.4 Å². The van der Waals surface area contributed by atoms with Crippen LogP contribution in [0.5, 0.6) is 17.2 Å². The Morgan fingerprint density at radius 1 is 1.16 bits per heavy atom. The molecule has 5 nitrogen and oxygen atoms in total. The highest BCUT2D eigenvalue weighted by molar-refractivity contribution is 5.89. The van der Waals surface area contributed by atoms with Crippen molar-refractivity contribution in [2.24, 2.45) is 0 Å². The molecule has 0 saturated heterocycles. The number of nitrogens with one attached hydrogen (secondary N) is 1. The van der Waals surface area contributed by atoms with Crippen LogP contribution >= 0.6 is 0 Å². The van der Waals surface area contributed by atoms with E-state index in [1.54, 1.807) is 7.11 Å². The standard InChI is InChI=1S/C26H29NO4/c1-5-22(30-23-12-8-10-17-9-6-7-11-19(17)23)25(28)27-21-16-26(2,3)31-24-14-13-18(29-4)15-20(21)24/h6-15,21-22H,5,16H2,1-4H3,(H,27,28)/t21-,22+/m0/s1. The van der Waals surface area contributed by atoms with Gasteiger partial charge in [0.15, 0.2) is 6.10 Å². The summed E-state index contributed by atoms with van der Waals surface area (Å²) in [6, 6.07) is 19.4. The Bertz CT molecular complexity index is 1090. The van der Waals surface area contributed by atoms with Gasteiger partial charge in [0.2, 0.25) is 0 Å². The maximum atomic E-state index is 13.3. The summed E-state index contributed by atoms with van der Waals surface area (Å²) in [5, 5.41) is 5.29. The van der Waals surface area contributed by atoms with E-state index in [2.05, 4.69) is 5.32 Å². The molecular formula is C26H29NO4. The highest BCUT2D eigenvalue weighted by atomic mass is 16.5. The molecule has 0 saturated carbocycles. The van der Waals surface area contributed by atoms with E-state index in [1.165, 1.54) is 0 Å². The Morgan fingerprint density at radius 2 is 1.94 bits per heavy atom. The first-order valence-corrected chi connectivity index (χ1v) is 10.7. The van der Waals surface area contributed by atoms with Crippen molar-refractivity contribution in [2.75, 3.05) is 7.11 Å². The van der Waals surface area contributed by atoms with Crippen LogP contribution in [0.15, 0.2) is 60.7 Å². The Hall–Kier alpha value is -3.21. The molecular weight excluding hydrogens is 390 g/mol. The van der Waals surface area contributed by atoms with Crippen LogP contribution in [-0.4, -0.2) is 24.7 Å². The van der Waals surface area contributed by atoms with E-state index in [1.807, 2.05) is 81.4 Å². The second kappa shape index (κ2) is 8.50. The van der Waals surface area contributed by atoms with Gasteiger partial charge in [-0.15, -0.1) is 0 Å². The van der Waals surface area contributed by atoms with Gasteiger partial charge in [0.25, 0.3) is 5.91 Å². The number of fused-ring (bicyclic) bond motifs is 2. The smallest absolute Gasteiger partial charge is 0.261 e. The molecule has 1 heterocycles. The summed E-state index contributed by atoms with van der Waals surface area (Å²) in [4.78, 5) is 13.3. The van der Waals surface area contributed by atoms with Crippen LogP contribution in [0.25, 0.3) is 10.8 Å². The highest BCUT2D eigenvalue weighted by Gasteiger charge is 2.36. The van der Waals surface area contributed by atoms with Crippen molar-refractivity contribution >= 4 is 16.7 Å². The largest absolute Gasteiger partial charge is 0.497 e. The number of carbonyl (C=O) groups excluding carboxylic acids is 1. The lowest BCUT2D eigenvalue weighted by Crippen LogP contribution is -2.45. The van der Waals surface area contributed by atoms with E-state index in [0.717, 1.165) is 33.6 Å². The van der Waals surface area contributed by atoms with Crippen molar-refractivity contribution in [1.29, 1.82) is 0 Å². The minimum Gasteiger partial charge on any atom is -0.497 e. The summed E-state index contributed by atoms with van der Waals surface area (Å²) in [5.74, 6) is 2.09. The van der Waals surface area contributed by atoms with Gasteiger partial charge in [-0.2, -0.15) is 0 Å². The molecule has 1 aliphatic rings. The molecule has 31 heavy (non-hydrogen) atoms. The lowest BCUT2D eigenvalue weighted by molar-refractivity contribution is -0.129. The molecule has 0 fully saturated rings. The number of amides is 1. The lowest BCUT2D eigenvalue weighted by Gasteiger charge is -2.38. The van der Waals surface area contributed by atoms with Crippen LogP contribution in [0.2, 0.25) is 0 Å².